The number of para-hydroxylation sites is 1. The van der Waals surface area contributed by atoms with E-state index in [1.54, 1.807) is 29.7 Å². The molecular weight excluding hydrogens is 410 g/mol. The molecule has 0 atom stereocenters. The Balaban J connectivity index is 1.96. The average molecular weight is 431 g/mol. The zero-order valence-electron chi connectivity index (χ0n) is 17.9. The predicted octanol–water partition coefficient (Wildman–Crippen LogP) is 2.99. The molecule has 8 heteroatoms. The molecule has 0 bridgehead atoms. The van der Waals surface area contributed by atoms with Crippen molar-refractivity contribution in [2.45, 2.75) is 0 Å². The Morgan fingerprint density at radius 2 is 1.84 bits per heavy atom. The molecule has 0 aliphatic carbocycles. The Morgan fingerprint density at radius 1 is 1.03 bits per heavy atom. The summed E-state index contributed by atoms with van der Waals surface area (Å²) in [5.74, 6) is 0.475. The van der Waals surface area contributed by atoms with Crippen LogP contribution in [0, 0.1) is 0 Å². The van der Waals surface area contributed by atoms with Crippen molar-refractivity contribution >= 4 is 44.0 Å². The van der Waals surface area contributed by atoms with Crippen molar-refractivity contribution in [2.75, 3.05) is 34.5 Å². The third kappa shape index (κ3) is 2.76. The van der Waals surface area contributed by atoms with Crippen LogP contribution < -0.4 is 20.3 Å². The van der Waals surface area contributed by atoms with Gasteiger partial charge in [0.25, 0.3) is 11.5 Å². The fraction of sp³-hybridized carbons (Fsp3) is 0.208. The molecule has 0 saturated carbocycles. The second kappa shape index (κ2) is 7.65. The number of aromatic nitrogens is 2. The molecule has 0 aliphatic heterocycles. The van der Waals surface area contributed by atoms with Crippen LogP contribution in [0.5, 0.6) is 11.5 Å². The molecule has 32 heavy (non-hydrogen) atoms. The molecule has 162 valence electrons. The molecule has 8 nitrogen and oxygen atoms in total. The molecule has 5 rings (SSSR count). The molecule has 2 aromatic carbocycles. The lowest BCUT2D eigenvalue weighted by Gasteiger charge is -2.13. The van der Waals surface area contributed by atoms with Crippen molar-refractivity contribution < 1.29 is 19.0 Å². The van der Waals surface area contributed by atoms with E-state index in [-0.39, 0.29) is 17.2 Å². The highest BCUT2D eigenvalue weighted by Gasteiger charge is 2.23. The SMILES string of the molecule is COCCNC(=O)c1cc2c3ccccc3n3c(=O)c4c(OC)c(OC)ccc4c(n1)c23. The molecule has 5 aromatic rings. The standard InChI is InChI=1S/C24H21N3O5/c1-30-11-10-25-23(28)16-12-15-13-6-4-5-7-17(13)27-21(15)20(26-16)14-8-9-18(31-2)22(32-3)19(14)24(27)29/h4-9,12H,10-11H2,1-3H3,(H,25,28). The summed E-state index contributed by atoms with van der Waals surface area (Å²) >= 11 is 0. The van der Waals surface area contributed by atoms with Gasteiger partial charge < -0.3 is 19.5 Å². The largest absolute Gasteiger partial charge is 0.493 e. The zero-order valence-corrected chi connectivity index (χ0v) is 17.9. The number of amides is 1. The molecule has 0 aliphatic rings. The van der Waals surface area contributed by atoms with Gasteiger partial charge in [-0.2, -0.15) is 0 Å². The van der Waals surface area contributed by atoms with Crippen molar-refractivity contribution in [1.82, 2.24) is 14.7 Å². The minimum atomic E-state index is -0.309. The number of hydrogen-bond acceptors (Lipinski definition) is 6. The number of methoxy groups -OCH3 is 3. The average Bonchev–Trinajstić information content (AvgIpc) is 3.16. The molecule has 0 saturated heterocycles. The highest BCUT2D eigenvalue weighted by atomic mass is 16.5. The zero-order chi connectivity index (χ0) is 22.4. The Bertz CT molecular complexity index is 1560. The summed E-state index contributed by atoms with van der Waals surface area (Å²) in [6.45, 7) is 0.765. The molecule has 3 heterocycles. The summed E-state index contributed by atoms with van der Waals surface area (Å²) in [5.41, 5.74) is 1.99. The molecule has 1 N–H and O–H groups in total. The second-order valence-corrected chi connectivity index (χ2v) is 7.38. The lowest BCUT2D eigenvalue weighted by Crippen LogP contribution is -2.27. The molecule has 0 fully saturated rings. The number of carbonyl (C=O) groups excluding carboxylic acids is 1. The quantitative estimate of drug-likeness (QED) is 0.328. The predicted molar refractivity (Wildman–Crippen MR) is 122 cm³/mol. The lowest BCUT2D eigenvalue weighted by atomic mass is 10.1. The van der Waals surface area contributed by atoms with Crippen LogP contribution in [0.3, 0.4) is 0 Å². The first-order valence-corrected chi connectivity index (χ1v) is 10.1. The van der Waals surface area contributed by atoms with Crippen LogP contribution in [0.25, 0.3) is 38.1 Å². The maximum Gasteiger partial charge on any atom is 0.270 e. The number of rotatable bonds is 6. The van der Waals surface area contributed by atoms with Gasteiger partial charge in [0, 0.05) is 29.8 Å². The van der Waals surface area contributed by atoms with Gasteiger partial charge in [0.2, 0.25) is 0 Å². The normalized spacial score (nSPS) is 11.6. The van der Waals surface area contributed by atoms with E-state index in [2.05, 4.69) is 10.3 Å². The van der Waals surface area contributed by atoms with E-state index in [0.29, 0.717) is 46.5 Å². The molecule has 3 aromatic heterocycles. The maximum atomic E-state index is 13.7. The number of nitrogens with zero attached hydrogens (tertiary/aromatic N) is 2. The van der Waals surface area contributed by atoms with E-state index in [1.807, 2.05) is 24.3 Å². The second-order valence-electron chi connectivity index (χ2n) is 7.38. The van der Waals surface area contributed by atoms with Crippen molar-refractivity contribution in [3.63, 3.8) is 0 Å². The molecule has 0 radical (unpaired) electrons. The Hall–Kier alpha value is -3.91. The van der Waals surface area contributed by atoms with Crippen LogP contribution in [-0.4, -0.2) is 49.8 Å². The van der Waals surface area contributed by atoms with Crippen molar-refractivity contribution in [2.24, 2.45) is 0 Å². The summed E-state index contributed by atoms with van der Waals surface area (Å²) in [6.07, 6.45) is 0. The summed E-state index contributed by atoms with van der Waals surface area (Å²) in [4.78, 5) is 31.3. The van der Waals surface area contributed by atoms with E-state index in [0.717, 1.165) is 16.3 Å². The molecule has 0 spiro atoms. The fourth-order valence-electron chi connectivity index (χ4n) is 4.31. The van der Waals surface area contributed by atoms with Crippen LogP contribution in [0.1, 0.15) is 10.5 Å². The molecule has 1 amide bonds. The van der Waals surface area contributed by atoms with Gasteiger partial charge in [-0.05, 0) is 24.3 Å². The van der Waals surface area contributed by atoms with Crippen LogP contribution in [-0.2, 0) is 4.74 Å². The van der Waals surface area contributed by atoms with Gasteiger partial charge in [0.05, 0.1) is 42.8 Å². The Labute approximate surface area is 182 Å². The number of ether oxygens (including phenoxy) is 3. The first-order chi connectivity index (χ1) is 15.6. The number of hydrogen-bond donors (Lipinski definition) is 1. The van der Waals surface area contributed by atoms with E-state index < -0.39 is 0 Å². The fourth-order valence-corrected chi connectivity index (χ4v) is 4.31. The number of pyridine rings is 2. The number of carbonyl (C=O) groups is 1. The number of fused-ring (bicyclic) bond motifs is 5. The summed E-state index contributed by atoms with van der Waals surface area (Å²) in [7, 11) is 4.60. The van der Waals surface area contributed by atoms with E-state index in [4.69, 9.17) is 14.2 Å². The van der Waals surface area contributed by atoms with Crippen LogP contribution >= 0.6 is 0 Å². The maximum absolute atomic E-state index is 13.7. The summed E-state index contributed by atoms with van der Waals surface area (Å²) in [6, 6.07) is 12.9. The van der Waals surface area contributed by atoms with Gasteiger partial charge in [-0.3, -0.25) is 14.0 Å². The minimum absolute atomic E-state index is 0.228. The van der Waals surface area contributed by atoms with Gasteiger partial charge in [-0.25, -0.2) is 4.98 Å². The van der Waals surface area contributed by atoms with Crippen LogP contribution in [0.4, 0.5) is 0 Å². The lowest BCUT2D eigenvalue weighted by molar-refractivity contribution is 0.0932. The highest BCUT2D eigenvalue weighted by Crippen LogP contribution is 2.39. The topological polar surface area (TPSA) is 91.2 Å². The number of nitrogens with one attached hydrogen (secondary N) is 1. The van der Waals surface area contributed by atoms with Gasteiger partial charge in [0.15, 0.2) is 11.5 Å². The minimum Gasteiger partial charge on any atom is -0.493 e. The van der Waals surface area contributed by atoms with Gasteiger partial charge in [-0.15, -0.1) is 0 Å². The Morgan fingerprint density at radius 3 is 2.59 bits per heavy atom. The van der Waals surface area contributed by atoms with Gasteiger partial charge in [-0.1, -0.05) is 18.2 Å². The summed E-state index contributed by atoms with van der Waals surface area (Å²) in [5, 5.41) is 5.42. The van der Waals surface area contributed by atoms with Crippen molar-refractivity contribution in [1.29, 1.82) is 0 Å². The van der Waals surface area contributed by atoms with Crippen molar-refractivity contribution in [3.05, 3.63) is 58.5 Å². The first kappa shape index (κ1) is 20.0. The van der Waals surface area contributed by atoms with Gasteiger partial charge in [0.1, 0.15) is 5.69 Å². The van der Waals surface area contributed by atoms with Gasteiger partial charge >= 0.3 is 0 Å². The van der Waals surface area contributed by atoms with Crippen LogP contribution in [0.15, 0.2) is 47.3 Å². The first-order valence-electron chi connectivity index (χ1n) is 10.1. The van der Waals surface area contributed by atoms with E-state index in [9.17, 15) is 9.59 Å². The van der Waals surface area contributed by atoms with E-state index >= 15 is 0 Å². The smallest absolute Gasteiger partial charge is 0.270 e. The third-order valence-electron chi connectivity index (χ3n) is 5.69. The van der Waals surface area contributed by atoms with Crippen molar-refractivity contribution in [3.8, 4) is 11.5 Å². The number of benzene rings is 2. The molecule has 0 unspecified atom stereocenters. The van der Waals surface area contributed by atoms with E-state index in [1.165, 1.54) is 14.2 Å². The summed E-state index contributed by atoms with van der Waals surface area (Å²) < 4.78 is 17.6. The van der Waals surface area contributed by atoms with Crippen LogP contribution in [0.2, 0.25) is 0 Å². The Kier molecular flexibility index (Phi) is 4.79. The highest BCUT2D eigenvalue weighted by molar-refractivity contribution is 6.21. The molecular formula is C24H21N3O5. The monoisotopic (exact) mass is 431 g/mol. The third-order valence-corrected chi connectivity index (χ3v) is 5.69.